The van der Waals surface area contributed by atoms with Crippen molar-refractivity contribution in [2.45, 2.75) is 134 Å². The molecule has 0 aromatic rings. The summed E-state index contributed by atoms with van der Waals surface area (Å²) in [5.41, 5.74) is 6.27. The molecule has 2 saturated heterocycles. The number of hydrogen-bond acceptors (Lipinski definition) is 9. The Hall–Kier alpha value is -3.10. The number of aliphatic hydroxyl groups is 1. The summed E-state index contributed by atoms with van der Waals surface area (Å²) in [7, 11) is 0. The van der Waals surface area contributed by atoms with E-state index in [4.69, 9.17) is 5.73 Å². The number of carboxylic acids is 2. The van der Waals surface area contributed by atoms with Gasteiger partial charge in [0.15, 0.2) is 6.04 Å². The van der Waals surface area contributed by atoms with E-state index in [2.05, 4.69) is 17.6 Å². The number of carbonyl (C=O) groups is 6. The van der Waals surface area contributed by atoms with Crippen LogP contribution < -0.4 is 16.4 Å². The van der Waals surface area contributed by atoms with Crippen molar-refractivity contribution in [2.75, 3.05) is 13.1 Å². The smallest absolute Gasteiger partial charge is 0.328 e. The van der Waals surface area contributed by atoms with Gasteiger partial charge in [0.1, 0.15) is 12.1 Å². The monoisotopic (exact) mass is 611 g/mol. The molecule has 0 spiro atoms. The Morgan fingerprint density at radius 1 is 1.00 bits per heavy atom. The third kappa shape index (κ3) is 10.5. The summed E-state index contributed by atoms with van der Waals surface area (Å²) in [5.74, 6) is -6.02. The Kier molecular flexibility index (Phi) is 15.0. The molecule has 2 aliphatic heterocycles. The SMILES string of the molecule is CCCCCCCCC(N)C(=O)N(C(=O)[C@@H]1CCCN1C(=O)[C@@H]1CCCN1)[C@@H](CCC(=O)O)C(=O)N[C@H](C(=O)O)[C@@H](C)O. The summed E-state index contributed by atoms with van der Waals surface area (Å²) in [6.45, 7) is 4.18. The van der Waals surface area contributed by atoms with Crippen molar-refractivity contribution in [1.82, 2.24) is 20.4 Å². The summed E-state index contributed by atoms with van der Waals surface area (Å²) < 4.78 is 0. The summed E-state index contributed by atoms with van der Waals surface area (Å²) in [4.78, 5) is 80.0. The molecule has 4 amide bonds. The minimum absolute atomic E-state index is 0.215. The average molecular weight is 612 g/mol. The summed E-state index contributed by atoms with van der Waals surface area (Å²) in [6, 6.07) is -6.24. The van der Waals surface area contributed by atoms with Gasteiger partial charge in [0.05, 0.1) is 18.2 Å². The Balaban J connectivity index is 2.41. The lowest BCUT2D eigenvalue weighted by molar-refractivity contribution is -0.159. The molecule has 0 bridgehead atoms. The fraction of sp³-hybridized carbons (Fsp3) is 0.793. The normalized spacial score (nSPS) is 21.1. The molecule has 6 atom stereocenters. The number of carbonyl (C=O) groups excluding carboxylic acids is 4. The standard InChI is InChI=1S/C29H49N5O9/c1-3-4-5-6-7-8-11-19(30)26(39)34(21(14-15-23(36)37)25(38)32-24(18(2)35)29(42)43)28(41)22-13-10-17-33(22)27(40)20-12-9-16-31-20/h18-22,24,31,35H,3-17,30H2,1-2H3,(H,32,38)(H,36,37)(H,42,43)/t18-,19?,20+,21+,22+,24+/m1/s1. The number of rotatable bonds is 18. The van der Waals surface area contributed by atoms with Gasteiger partial charge in [-0.15, -0.1) is 0 Å². The molecule has 2 heterocycles. The Labute approximate surface area is 252 Å². The van der Waals surface area contributed by atoms with Crippen LogP contribution in [0.25, 0.3) is 0 Å². The van der Waals surface area contributed by atoms with Crippen LogP contribution >= 0.6 is 0 Å². The predicted octanol–water partition coefficient (Wildman–Crippen LogP) is 0.346. The summed E-state index contributed by atoms with van der Waals surface area (Å²) in [6.07, 6.45) is 5.21. The van der Waals surface area contributed by atoms with E-state index in [1.807, 2.05) is 0 Å². The second-order valence-electron chi connectivity index (χ2n) is 11.6. The third-order valence-electron chi connectivity index (χ3n) is 8.13. The molecule has 7 N–H and O–H groups in total. The Bertz CT molecular complexity index is 985. The van der Waals surface area contributed by atoms with Gasteiger partial charge in [-0.05, 0) is 52.0 Å². The highest BCUT2D eigenvalue weighted by atomic mass is 16.4. The highest BCUT2D eigenvalue weighted by molar-refractivity contribution is 6.05. The number of amides is 4. The van der Waals surface area contributed by atoms with E-state index >= 15 is 0 Å². The van der Waals surface area contributed by atoms with Gasteiger partial charge in [-0.2, -0.15) is 0 Å². The van der Waals surface area contributed by atoms with Gasteiger partial charge in [-0.1, -0.05) is 45.4 Å². The van der Waals surface area contributed by atoms with Crippen molar-refractivity contribution >= 4 is 35.6 Å². The van der Waals surface area contributed by atoms with Crippen LogP contribution in [-0.4, -0.2) is 110 Å². The fourth-order valence-electron chi connectivity index (χ4n) is 5.68. The summed E-state index contributed by atoms with van der Waals surface area (Å²) >= 11 is 0. The van der Waals surface area contributed by atoms with Crippen molar-refractivity contribution in [3.05, 3.63) is 0 Å². The van der Waals surface area contributed by atoms with E-state index in [0.717, 1.165) is 45.4 Å². The van der Waals surface area contributed by atoms with E-state index in [-0.39, 0.29) is 25.3 Å². The molecule has 43 heavy (non-hydrogen) atoms. The number of nitrogens with zero attached hydrogens (tertiary/aromatic N) is 2. The van der Waals surface area contributed by atoms with Gasteiger partial charge in [-0.3, -0.25) is 28.9 Å². The van der Waals surface area contributed by atoms with Gasteiger partial charge >= 0.3 is 11.9 Å². The topological polar surface area (TPSA) is 220 Å². The minimum atomic E-state index is -1.78. The molecular formula is C29H49N5O9. The van der Waals surface area contributed by atoms with Crippen molar-refractivity contribution < 1.29 is 44.1 Å². The lowest BCUT2D eigenvalue weighted by Gasteiger charge is -2.36. The number of aliphatic carboxylic acids is 2. The van der Waals surface area contributed by atoms with Gasteiger partial charge in [-0.25, -0.2) is 4.79 Å². The quantitative estimate of drug-likeness (QED) is 0.116. The Morgan fingerprint density at radius 2 is 1.67 bits per heavy atom. The van der Waals surface area contributed by atoms with E-state index in [1.54, 1.807) is 0 Å². The first kappa shape index (κ1) is 36.1. The van der Waals surface area contributed by atoms with E-state index in [1.165, 1.54) is 4.90 Å². The third-order valence-corrected chi connectivity index (χ3v) is 8.13. The predicted molar refractivity (Wildman–Crippen MR) is 155 cm³/mol. The van der Waals surface area contributed by atoms with Crippen molar-refractivity contribution in [3.8, 4) is 0 Å². The van der Waals surface area contributed by atoms with Gasteiger partial charge in [0.25, 0.3) is 5.91 Å². The average Bonchev–Trinajstić information content (AvgIpc) is 3.67. The van der Waals surface area contributed by atoms with Gasteiger partial charge in [0.2, 0.25) is 17.7 Å². The summed E-state index contributed by atoms with van der Waals surface area (Å²) in [5, 5.41) is 34.1. The lowest BCUT2D eigenvalue weighted by Crippen LogP contribution is -2.62. The van der Waals surface area contributed by atoms with Crippen LogP contribution in [0.15, 0.2) is 0 Å². The maximum Gasteiger partial charge on any atom is 0.328 e. The van der Waals surface area contributed by atoms with Crippen LogP contribution in [0.1, 0.15) is 97.3 Å². The molecule has 0 aliphatic carbocycles. The number of aliphatic hydroxyl groups excluding tert-OH is 1. The molecule has 0 saturated carbocycles. The molecule has 14 nitrogen and oxygen atoms in total. The molecular weight excluding hydrogens is 562 g/mol. The highest BCUT2D eigenvalue weighted by Gasteiger charge is 2.46. The highest BCUT2D eigenvalue weighted by Crippen LogP contribution is 2.25. The second kappa shape index (κ2) is 17.9. The molecule has 1 unspecified atom stereocenters. The largest absolute Gasteiger partial charge is 0.481 e. The van der Waals surface area contributed by atoms with Crippen LogP contribution in [0.5, 0.6) is 0 Å². The van der Waals surface area contributed by atoms with Crippen molar-refractivity contribution in [2.24, 2.45) is 5.73 Å². The second-order valence-corrected chi connectivity index (χ2v) is 11.6. The van der Waals surface area contributed by atoms with E-state index < -0.39 is 78.8 Å². The fourth-order valence-corrected chi connectivity index (χ4v) is 5.68. The maximum atomic E-state index is 14.2. The van der Waals surface area contributed by atoms with Crippen LogP contribution in [0, 0.1) is 0 Å². The number of hydrogen-bond donors (Lipinski definition) is 6. The molecule has 0 radical (unpaired) electrons. The number of unbranched alkanes of at least 4 members (excludes halogenated alkanes) is 5. The van der Waals surface area contributed by atoms with Crippen LogP contribution in [0.2, 0.25) is 0 Å². The molecule has 2 aliphatic rings. The van der Waals surface area contributed by atoms with Crippen LogP contribution in [0.3, 0.4) is 0 Å². The number of carboxylic acid groups (broad SMARTS) is 2. The van der Waals surface area contributed by atoms with Crippen LogP contribution in [-0.2, 0) is 28.8 Å². The zero-order valence-corrected chi connectivity index (χ0v) is 25.3. The number of likely N-dealkylation sites (tertiary alicyclic amines) is 1. The zero-order valence-electron chi connectivity index (χ0n) is 25.3. The molecule has 0 aromatic heterocycles. The molecule has 14 heteroatoms. The number of imide groups is 1. The van der Waals surface area contributed by atoms with E-state index in [9.17, 15) is 44.1 Å². The number of nitrogens with one attached hydrogen (secondary N) is 2. The maximum absolute atomic E-state index is 14.2. The van der Waals surface area contributed by atoms with Crippen molar-refractivity contribution in [3.63, 3.8) is 0 Å². The Morgan fingerprint density at radius 3 is 2.26 bits per heavy atom. The molecule has 244 valence electrons. The molecule has 2 fully saturated rings. The number of nitrogens with two attached hydrogens (primary N) is 1. The first-order valence-corrected chi connectivity index (χ1v) is 15.5. The first-order valence-electron chi connectivity index (χ1n) is 15.5. The molecule has 2 rings (SSSR count). The van der Waals surface area contributed by atoms with Gasteiger partial charge in [0, 0.05) is 13.0 Å². The van der Waals surface area contributed by atoms with Crippen molar-refractivity contribution in [1.29, 1.82) is 0 Å². The zero-order chi connectivity index (χ0) is 32.1. The lowest BCUT2D eigenvalue weighted by atomic mass is 10.0. The minimum Gasteiger partial charge on any atom is -0.481 e. The van der Waals surface area contributed by atoms with Gasteiger partial charge < -0.3 is 36.6 Å². The van der Waals surface area contributed by atoms with E-state index in [0.29, 0.717) is 30.7 Å². The first-order chi connectivity index (χ1) is 20.4. The molecule has 0 aromatic carbocycles. The van der Waals surface area contributed by atoms with Crippen LogP contribution in [0.4, 0.5) is 0 Å².